The molecule has 2 aromatic carbocycles. The smallest absolute Gasteiger partial charge is 0.410 e. The molecular formula is C24H21BrN2O4. The molecule has 1 aliphatic carbocycles. The number of pyridine rings is 1. The lowest BCUT2D eigenvalue weighted by Crippen LogP contribution is -2.44. The van der Waals surface area contributed by atoms with Crippen molar-refractivity contribution in [2.45, 2.75) is 18.4 Å². The van der Waals surface area contributed by atoms with Gasteiger partial charge < -0.3 is 9.84 Å². The number of benzene rings is 2. The number of hydrogen-bond acceptors (Lipinski definition) is 4. The molecule has 1 aromatic heterocycles. The maximum Gasteiger partial charge on any atom is 0.410 e. The zero-order chi connectivity index (χ0) is 22.0. The lowest BCUT2D eigenvalue weighted by molar-refractivity contribution is -0.142. The molecule has 0 bridgehead atoms. The SMILES string of the molecule is CN(C(=O)OCC1c2ccccc2-c2ccccc21)[C@@H](Cc1cncc(Br)c1)C(=O)O. The van der Waals surface area contributed by atoms with Crippen LogP contribution in [-0.4, -0.2) is 46.7 Å². The Morgan fingerprint density at radius 3 is 2.29 bits per heavy atom. The third kappa shape index (κ3) is 4.32. The predicted molar refractivity (Wildman–Crippen MR) is 120 cm³/mol. The Balaban J connectivity index is 1.48. The minimum atomic E-state index is -1.10. The standard InChI is InChI=1S/C24H21BrN2O4/c1-27(22(23(28)29)11-15-10-16(25)13-26-12-15)24(30)31-14-21-19-8-4-2-6-17(19)18-7-3-5-9-20(18)21/h2-10,12-13,21-22H,11,14H2,1H3,(H,28,29)/t22-/m0/s1. The summed E-state index contributed by atoms with van der Waals surface area (Å²) in [5, 5.41) is 9.68. The number of halogens is 1. The molecule has 0 saturated heterocycles. The van der Waals surface area contributed by atoms with Crippen LogP contribution in [0.1, 0.15) is 22.6 Å². The van der Waals surface area contributed by atoms with E-state index in [9.17, 15) is 14.7 Å². The minimum absolute atomic E-state index is 0.0812. The summed E-state index contributed by atoms with van der Waals surface area (Å²) in [6, 6.07) is 16.9. The maximum atomic E-state index is 12.7. The molecule has 0 spiro atoms. The number of fused-ring (bicyclic) bond motifs is 3. The summed E-state index contributed by atoms with van der Waals surface area (Å²) >= 11 is 3.33. The van der Waals surface area contributed by atoms with E-state index >= 15 is 0 Å². The highest BCUT2D eigenvalue weighted by Crippen LogP contribution is 2.44. The monoisotopic (exact) mass is 480 g/mol. The highest BCUT2D eigenvalue weighted by molar-refractivity contribution is 9.10. The van der Waals surface area contributed by atoms with Gasteiger partial charge in [0.05, 0.1) is 0 Å². The van der Waals surface area contributed by atoms with Crippen molar-refractivity contribution in [2.75, 3.05) is 13.7 Å². The van der Waals surface area contributed by atoms with Crippen LogP contribution in [0, 0.1) is 0 Å². The van der Waals surface area contributed by atoms with Crippen molar-refractivity contribution in [1.29, 1.82) is 0 Å². The van der Waals surface area contributed by atoms with Gasteiger partial charge in [-0.3, -0.25) is 9.88 Å². The van der Waals surface area contributed by atoms with Crippen molar-refractivity contribution in [3.05, 3.63) is 88.2 Å². The first-order valence-corrected chi connectivity index (χ1v) is 10.6. The van der Waals surface area contributed by atoms with Gasteiger partial charge in [0.15, 0.2) is 0 Å². The van der Waals surface area contributed by atoms with E-state index in [-0.39, 0.29) is 18.9 Å². The van der Waals surface area contributed by atoms with Crippen LogP contribution in [0.15, 0.2) is 71.5 Å². The van der Waals surface area contributed by atoms with Crippen LogP contribution < -0.4 is 0 Å². The molecule has 6 nitrogen and oxygen atoms in total. The lowest BCUT2D eigenvalue weighted by Gasteiger charge is -2.25. The Morgan fingerprint density at radius 1 is 1.10 bits per heavy atom. The number of carboxylic acids is 1. The Labute approximate surface area is 188 Å². The second kappa shape index (κ2) is 8.89. The van der Waals surface area contributed by atoms with E-state index in [0.717, 1.165) is 31.6 Å². The molecule has 4 rings (SSSR count). The van der Waals surface area contributed by atoms with Crippen LogP contribution in [0.2, 0.25) is 0 Å². The van der Waals surface area contributed by atoms with Crippen molar-refractivity contribution >= 4 is 28.0 Å². The summed E-state index contributed by atoms with van der Waals surface area (Å²) in [7, 11) is 1.45. The molecule has 1 amide bonds. The van der Waals surface area contributed by atoms with Crippen LogP contribution in [-0.2, 0) is 16.0 Å². The van der Waals surface area contributed by atoms with Crippen LogP contribution in [0.5, 0.6) is 0 Å². The topological polar surface area (TPSA) is 79.7 Å². The molecule has 1 atom stereocenters. The highest BCUT2D eigenvalue weighted by atomic mass is 79.9. The summed E-state index contributed by atoms with van der Waals surface area (Å²) in [6.45, 7) is 0.141. The molecule has 31 heavy (non-hydrogen) atoms. The zero-order valence-electron chi connectivity index (χ0n) is 16.9. The van der Waals surface area contributed by atoms with E-state index in [2.05, 4.69) is 33.0 Å². The van der Waals surface area contributed by atoms with E-state index in [0.29, 0.717) is 5.56 Å². The second-order valence-electron chi connectivity index (χ2n) is 7.48. The van der Waals surface area contributed by atoms with Crippen LogP contribution in [0.4, 0.5) is 4.79 Å². The highest BCUT2D eigenvalue weighted by Gasteiger charge is 2.32. The predicted octanol–water partition coefficient (Wildman–Crippen LogP) is 4.72. The van der Waals surface area contributed by atoms with Crippen molar-refractivity contribution in [2.24, 2.45) is 0 Å². The third-order valence-electron chi connectivity index (χ3n) is 5.57. The summed E-state index contributed by atoms with van der Waals surface area (Å²) in [4.78, 5) is 29.8. The quantitative estimate of drug-likeness (QED) is 0.551. The number of carbonyl (C=O) groups is 2. The number of likely N-dealkylation sites (N-methyl/N-ethyl adjacent to an activating group) is 1. The average molecular weight is 481 g/mol. The van der Waals surface area contributed by atoms with Crippen molar-refractivity contribution in [3.63, 3.8) is 0 Å². The maximum absolute atomic E-state index is 12.7. The first-order chi connectivity index (χ1) is 15.0. The minimum Gasteiger partial charge on any atom is -0.480 e. The molecule has 7 heteroatoms. The zero-order valence-corrected chi connectivity index (χ0v) is 18.5. The van der Waals surface area contributed by atoms with E-state index in [1.807, 2.05) is 36.4 Å². The van der Waals surface area contributed by atoms with Gasteiger partial charge in [-0.25, -0.2) is 9.59 Å². The van der Waals surface area contributed by atoms with E-state index < -0.39 is 18.1 Å². The molecular weight excluding hydrogens is 460 g/mol. The molecule has 0 saturated carbocycles. The Morgan fingerprint density at radius 2 is 1.71 bits per heavy atom. The van der Waals surface area contributed by atoms with Gasteiger partial charge >= 0.3 is 12.1 Å². The number of ether oxygens (including phenoxy) is 1. The third-order valence-corrected chi connectivity index (χ3v) is 6.00. The number of aromatic nitrogens is 1. The van der Waals surface area contributed by atoms with Crippen molar-refractivity contribution in [1.82, 2.24) is 9.88 Å². The van der Waals surface area contributed by atoms with Crippen LogP contribution >= 0.6 is 15.9 Å². The van der Waals surface area contributed by atoms with Crippen molar-refractivity contribution in [3.8, 4) is 11.1 Å². The largest absolute Gasteiger partial charge is 0.480 e. The van der Waals surface area contributed by atoms with Gasteiger partial charge in [-0.2, -0.15) is 0 Å². The van der Waals surface area contributed by atoms with Gasteiger partial charge in [-0.05, 0) is 49.8 Å². The molecule has 1 heterocycles. The normalized spacial score (nSPS) is 13.2. The molecule has 0 aliphatic heterocycles. The summed E-state index contributed by atoms with van der Waals surface area (Å²) < 4.78 is 6.34. The Kier molecular flexibility index (Phi) is 6.04. The van der Waals surface area contributed by atoms with Crippen molar-refractivity contribution < 1.29 is 19.4 Å². The molecule has 1 aliphatic rings. The number of aliphatic carboxylic acids is 1. The fourth-order valence-corrected chi connectivity index (χ4v) is 4.42. The molecule has 0 unspecified atom stereocenters. The molecule has 0 fully saturated rings. The second-order valence-corrected chi connectivity index (χ2v) is 8.40. The van der Waals surface area contributed by atoms with Gasteiger partial charge in [-0.1, -0.05) is 48.5 Å². The van der Waals surface area contributed by atoms with Crippen LogP contribution in [0.3, 0.4) is 0 Å². The van der Waals surface area contributed by atoms with Crippen LogP contribution in [0.25, 0.3) is 11.1 Å². The van der Waals surface area contributed by atoms with Gasteiger partial charge in [0.1, 0.15) is 12.6 Å². The summed E-state index contributed by atoms with van der Waals surface area (Å²) in [5.74, 6) is -1.18. The summed E-state index contributed by atoms with van der Waals surface area (Å²) in [6.07, 6.45) is 2.67. The number of amides is 1. The number of rotatable bonds is 6. The van der Waals surface area contributed by atoms with Gasteiger partial charge in [-0.15, -0.1) is 0 Å². The Bertz CT molecular complexity index is 1090. The van der Waals surface area contributed by atoms with E-state index in [1.54, 1.807) is 18.5 Å². The van der Waals surface area contributed by atoms with Gasteiger partial charge in [0.25, 0.3) is 0 Å². The molecule has 0 radical (unpaired) electrons. The number of carboxylic acid groups (broad SMARTS) is 1. The molecule has 158 valence electrons. The molecule has 3 aromatic rings. The van der Waals surface area contributed by atoms with Gasteiger partial charge in [0, 0.05) is 36.3 Å². The number of carbonyl (C=O) groups excluding carboxylic acids is 1. The number of hydrogen-bond donors (Lipinski definition) is 1. The number of nitrogens with zero attached hydrogens (tertiary/aromatic N) is 2. The summed E-state index contributed by atoms with van der Waals surface area (Å²) in [5.41, 5.74) is 5.19. The molecule has 1 N–H and O–H groups in total. The first kappa shape index (κ1) is 21.1. The van der Waals surface area contributed by atoms with E-state index in [4.69, 9.17) is 4.74 Å². The Hall–Kier alpha value is -3.19. The first-order valence-electron chi connectivity index (χ1n) is 9.85. The van der Waals surface area contributed by atoms with E-state index in [1.165, 1.54) is 7.05 Å². The fraction of sp³-hybridized carbons (Fsp3) is 0.208. The fourth-order valence-electron chi connectivity index (χ4n) is 4.00. The lowest BCUT2D eigenvalue weighted by atomic mass is 9.98. The average Bonchev–Trinajstić information content (AvgIpc) is 3.09. The van der Waals surface area contributed by atoms with Gasteiger partial charge in [0.2, 0.25) is 0 Å².